The first-order valence-electron chi connectivity index (χ1n) is 11.7. The number of halogens is 4. The van der Waals surface area contributed by atoms with Crippen molar-refractivity contribution >= 4 is 62.6 Å². The molecule has 0 unspecified atom stereocenters. The Hall–Kier alpha value is -2.96. The Bertz CT molecular complexity index is 1510. The molecule has 1 aliphatic rings. The van der Waals surface area contributed by atoms with Crippen LogP contribution in [0.4, 0.5) is 4.39 Å². The number of nitrogens with zero attached hydrogens (tertiary/aromatic N) is 1. The lowest BCUT2D eigenvalue weighted by atomic mass is 9.81. The first kappa shape index (κ1) is 31.6. The molecule has 0 aliphatic heterocycles. The number of oxime groups is 1. The molecule has 0 amide bonds. The van der Waals surface area contributed by atoms with Gasteiger partial charge >= 0.3 is 11.9 Å². The van der Waals surface area contributed by atoms with Gasteiger partial charge in [-0.3, -0.25) is 0 Å². The number of unbranched alkanes of at least 4 members (excludes halogenated alkanes) is 2. The highest BCUT2D eigenvalue weighted by atomic mass is 35.5. The average molecular weight is 635 g/mol. The summed E-state index contributed by atoms with van der Waals surface area (Å²) in [7, 11) is -3.94. The molecule has 2 aromatic rings. The number of carbonyl (C=O) groups excluding carboxylic acids is 1. The second kappa shape index (κ2) is 13.1. The van der Waals surface area contributed by atoms with Gasteiger partial charge in [0.05, 0.1) is 26.2 Å². The topological polar surface area (TPSA) is 129 Å². The van der Waals surface area contributed by atoms with E-state index in [1.165, 1.54) is 24.3 Å². The Kier molecular flexibility index (Phi) is 10.4. The molecule has 40 heavy (non-hydrogen) atoms. The van der Waals surface area contributed by atoms with Gasteiger partial charge in [-0.25, -0.2) is 18.2 Å². The van der Waals surface area contributed by atoms with Gasteiger partial charge in [-0.2, -0.15) is 8.42 Å². The third kappa shape index (κ3) is 6.67. The van der Waals surface area contributed by atoms with Gasteiger partial charge in [-0.1, -0.05) is 77.9 Å². The van der Waals surface area contributed by atoms with Crippen molar-refractivity contribution in [2.45, 2.75) is 43.1 Å². The van der Waals surface area contributed by atoms with E-state index in [2.05, 4.69) is 9.99 Å². The van der Waals surface area contributed by atoms with Gasteiger partial charge in [0.25, 0.3) is 10.1 Å². The first-order chi connectivity index (χ1) is 18.9. The van der Waals surface area contributed by atoms with E-state index in [1.54, 1.807) is 6.07 Å². The number of benzene rings is 2. The molecule has 14 heteroatoms. The fraction of sp³-hybridized carbons (Fsp3) is 0.269. The molecule has 1 N–H and O–H groups in total. The summed E-state index contributed by atoms with van der Waals surface area (Å²) in [5.41, 5.74) is -4.15. The number of carboxylic acids is 1. The van der Waals surface area contributed by atoms with Gasteiger partial charge in [-0.05, 0) is 43.2 Å². The van der Waals surface area contributed by atoms with E-state index in [0.717, 1.165) is 25.3 Å². The number of esters is 1. The maximum absolute atomic E-state index is 16.0. The summed E-state index contributed by atoms with van der Waals surface area (Å²) in [5.74, 6) is -5.21. The summed E-state index contributed by atoms with van der Waals surface area (Å²) < 4.78 is 54.2. The molecule has 0 saturated carbocycles. The van der Waals surface area contributed by atoms with Crippen LogP contribution in [0.3, 0.4) is 0 Å². The fourth-order valence-corrected chi connectivity index (χ4v) is 6.08. The van der Waals surface area contributed by atoms with Crippen molar-refractivity contribution in [3.05, 3.63) is 86.3 Å². The molecule has 1 atom stereocenters. The molecule has 0 bridgehead atoms. The molecule has 0 spiro atoms. The Morgan fingerprint density at radius 1 is 1.05 bits per heavy atom. The van der Waals surface area contributed by atoms with Gasteiger partial charge in [0, 0.05) is 0 Å². The molecule has 2 aromatic carbocycles. The van der Waals surface area contributed by atoms with Crippen LogP contribution in [-0.2, 0) is 28.7 Å². The van der Waals surface area contributed by atoms with Crippen LogP contribution in [0.2, 0.25) is 15.1 Å². The van der Waals surface area contributed by atoms with Crippen molar-refractivity contribution in [2.24, 2.45) is 5.16 Å². The smallest absolute Gasteiger partial charge is 0.343 e. The predicted octanol–water partition coefficient (Wildman–Crippen LogP) is 6.74. The van der Waals surface area contributed by atoms with Crippen LogP contribution in [-0.4, -0.2) is 43.9 Å². The molecule has 1 aliphatic carbocycles. The van der Waals surface area contributed by atoms with Gasteiger partial charge in [0.2, 0.25) is 0 Å². The van der Waals surface area contributed by atoms with Crippen molar-refractivity contribution in [1.82, 2.24) is 0 Å². The Balaban J connectivity index is 2.31. The molecule has 214 valence electrons. The van der Waals surface area contributed by atoms with Crippen LogP contribution in [0.15, 0.2) is 75.8 Å². The van der Waals surface area contributed by atoms with Crippen LogP contribution in [0.1, 0.15) is 43.0 Å². The molecule has 0 heterocycles. The van der Waals surface area contributed by atoms with Crippen molar-refractivity contribution in [1.29, 1.82) is 0 Å². The number of hydrogen-bond acceptors (Lipinski definition) is 8. The van der Waals surface area contributed by atoms with E-state index in [9.17, 15) is 23.1 Å². The van der Waals surface area contributed by atoms with Gasteiger partial charge in [0.15, 0.2) is 17.2 Å². The van der Waals surface area contributed by atoms with Crippen LogP contribution < -0.4 is 0 Å². The minimum atomic E-state index is -5.02. The third-order valence-corrected chi connectivity index (χ3v) is 8.29. The molecule has 0 radical (unpaired) electrons. The molecular weight excluding hydrogens is 612 g/mol. The first-order valence-corrected chi connectivity index (χ1v) is 14.3. The predicted molar refractivity (Wildman–Crippen MR) is 147 cm³/mol. The molecule has 0 aromatic heterocycles. The standard InChI is InChI=1S/C26H23Cl3FNO8S/c1-3-4-8-11-26(39-40(35,36)21-14-18(28)17(27)13-19(21)29)16(24(32)33)12-20(31-37-2)22(30)23(26)38-25(34)15-9-6-5-7-10-15/h5-7,9-10,12-14H,3-4,8,11H2,1-2H3,(H,32,33)/t26-/m1/s1. The van der Waals surface area contributed by atoms with E-state index >= 15 is 4.39 Å². The van der Waals surface area contributed by atoms with Gasteiger partial charge in [0.1, 0.15) is 17.7 Å². The normalized spacial score (nSPS) is 18.4. The third-order valence-electron chi connectivity index (χ3n) is 5.76. The highest BCUT2D eigenvalue weighted by Crippen LogP contribution is 2.45. The lowest BCUT2D eigenvalue weighted by molar-refractivity contribution is -0.134. The summed E-state index contributed by atoms with van der Waals surface area (Å²) in [6.45, 7) is 1.84. The molecule has 0 fully saturated rings. The van der Waals surface area contributed by atoms with Crippen LogP contribution in [0, 0.1) is 0 Å². The fourth-order valence-electron chi connectivity index (χ4n) is 3.91. The summed E-state index contributed by atoms with van der Waals surface area (Å²) in [6, 6.07) is 9.35. The van der Waals surface area contributed by atoms with Gasteiger partial charge in [-0.15, -0.1) is 0 Å². The number of carboxylic acid groups (broad SMARTS) is 1. The molecule has 9 nitrogen and oxygen atoms in total. The maximum atomic E-state index is 16.0. The molecular formula is C26H23Cl3FNO8S. The van der Waals surface area contributed by atoms with E-state index in [4.69, 9.17) is 43.7 Å². The SMILES string of the molecule is CCCCC[C@@]1(OS(=O)(=O)c2cc(Cl)c(Cl)cc2Cl)C(C(=O)O)=CC(=NOC)C(F)=C1OC(=O)c1ccccc1. The maximum Gasteiger partial charge on any atom is 0.343 e. The quantitative estimate of drug-likeness (QED) is 0.0947. The van der Waals surface area contributed by atoms with E-state index in [1.807, 2.05) is 6.92 Å². The number of carbonyl (C=O) groups is 2. The number of ether oxygens (including phenoxy) is 1. The zero-order valence-electron chi connectivity index (χ0n) is 21.1. The van der Waals surface area contributed by atoms with E-state index in [-0.39, 0.29) is 22.0 Å². The number of aliphatic carboxylic acids is 1. The zero-order valence-corrected chi connectivity index (χ0v) is 24.2. The Labute approximate surface area is 244 Å². The summed E-state index contributed by atoms with van der Waals surface area (Å²) >= 11 is 18.1. The van der Waals surface area contributed by atoms with E-state index < -0.39 is 66.9 Å². The van der Waals surface area contributed by atoms with Crippen molar-refractivity contribution in [3.63, 3.8) is 0 Å². The number of allylic oxidation sites excluding steroid dienone is 2. The lowest BCUT2D eigenvalue weighted by Crippen LogP contribution is -2.46. The highest BCUT2D eigenvalue weighted by Gasteiger charge is 2.54. The Morgan fingerprint density at radius 2 is 1.70 bits per heavy atom. The minimum absolute atomic E-state index is 0.0303. The summed E-state index contributed by atoms with van der Waals surface area (Å²) in [5, 5.41) is 13.0. The lowest BCUT2D eigenvalue weighted by Gasteiger charge is -2.37. The van der Waals surface area contributed by atoms with Crippen LogP contribution in [0.5, 0.6) is 0 Å². The summed E-state index contributed by atoms with van der Waals surface area (Å²) in [6.07, 6.45) is 1.55. The number of rotatable bonds is 11. The zero-order chi connectivity index (χ0) is 29.7. The van der Waals surface area contributed by atoms with Crippen molar-refractivity contribution < 1.29 is 41.3 Å². The van der Waals surface area contributed by atoms with Crippen molar-refractivity contribution in [2.75, 3.05) is 7.11 Å². The van der Waals surface area contributed by atoms with Gasteiger partial charge < -0.3 is 14.7 Å². The second-order valence-corrected chi connectivity index (χ2v) is 11.2. The van der Waals surface area contributed by atoms with Crippen LogP contribution in [0.25, 0.3) is 0 Å². The second-order valence-electron chi connectivity index (χ2n) is 8.44. The van der Waals surface area contributed by atoms with Crippen molar-refractivity contribution in [3.8, 4) is 0 Å². The molecule has 3 rings (SSSR count). The average Bonchev–Trinajstić information content (AvgIpc) is 2.90. The monoisotopic (exact) mass is 633 g/mol. The van der Waals surface area contributed by atoms with Crippen LogP contribution >= 0.6 is 34.8 Å². The highest BCUT2D eigenvalue weighted by molar-refractivity contribution is 7.87. The Morgan fingerprint density at radius 3 is 2.30 bits per heavy atom. The minimum Gasteiger partial charge on any atom is -0.478 e. The van der Waals surface area contributed by atoms with E-state index in [0.29, 0.717) is 12.8 Å². The largest absolute Gasteiger partial charge is 0.478 e. The number of hydrogen-bond donors (Lipinski definition) is 1. The summed E-state index contributed by atoms with van der Waals surface area (Å²) in [4.78, 5) is 29.6. The molecule has 0 saturated heterocycles.